The lowest BCUT2D eigenvalue weighted by molar-refractivity contribution is 0.253. The van der Waals surface area contributed by atoms with Gasteiger partial charge in [-0.2, -0.15) is 4.98 Å². The molecule has 0 radical (unpaired) electrons. The zero-order valence-electron chi connectivity index (χ0n) is 14.9. The molecule has 0 amide bonds. The average molecular weight is 366 g/mol. The molecule has 0 spiro atoms. The van der Waals surface area contributed by atoms with Crippen LogP contribution in [0.4, 0.5) is 5.95 Å². The molecule has 4 aromatic rings. The second kappa shape index (κ2) is 6.94. The van der Waals surface area contributed by atoms with Crippen LogP contribution in [0.3, 0.4) is 0 Å². The number of oxazole rings is 1. The van der Waals surface area contributed by atoms with E-state index in [9.17, 15) is 0 Å². The summed E-state index contributed by atoms with van der Waals surface area (Å²) in [4.78, 5) is 17.0. The average Bonchev–Trinajstić information content (AvgIpc) is 3.26. The Bertz CT molecular complexity index is 1090. The van der Waals surface area contributed by atoms with Gasteiger partial charge in [-0.3, -0.25) is 4.98 Å². The third-order valence-electron chi connectivity index (χ3n) is 3.99. The normalized spacial score (nSPS) is 11.0. The Morgan fingerprint density at radius 3 is 2.89 bits per heavy atom. The number of hydrogen-bond acceptors (Lipinski definition) is 8. The molecule has 138 valence electrons. The smallest absolute Gasteiger partial charge is 0.244 e. The molecule has 4 aromatic heterocycles. The third kappa shape index (κ3) is 3.39. The van der Waals surface area contributed by atoms with Gasteiger partial charge in [0.2, 0.25) is 17.7 Å². The molecule has 0 atom stereocenters. The molecule has 0 aliphatic carbocycles. The number of aromatic nitrogens is 5. The van der Waals surface area contributed by atoms with Crippen molar-refractivity contribution in [1.82, 2.24) is 24.5 Å². The molecule has 0 saturated heterocycles. The van der Waals surface area contributed by atoms with Crippen molar-refractivity contribution < 1.29 is 13.9 Å². The number of nitrogens with zero attached hydrogens (tertiary/aromatic N) is 5. The van der Waals surface area contributed by atoms with E-state index in [0.29, 0.717) is 40.9 Å². The highest BCUT2D eigenvalue weighted by molar-refractivity contribution is 5.82. The molecule has 0 bridgehead atoms. The summed E-state index contributed by atoms with van der Waals surface area (Å²) in [6.07, 6.45) is 5.24. The van der Waals surface area contributed by atoms with Gasteiger partial charge < -0.3 is 24.2 Å². The first-order valence-electron chi connectivity index (χ1n) is 8.28. The van der Waals surface area contributed by atoms with Crippen molar-refractivity contribution in [2.45, 2.75) is 20.1 Å². The summed E-state index contributed by atoms with van der Waals surface area (Å²) < 4.78 is 18.6. The van der Waals surface area contributed by atoms with Crippen LogP contribution in [0.1, 0.15) is 17.3 Å². The van der Waals surface area contributed by atoms with Crippen LogP contribution < -0.4 is 15.2 Å². The van der Waals surface area contributed by atoms with Gasteiger partial charge >= 0.3 is 0 Å². The molecule has 0 aliphatic heterocycles. The van der Waals surface area contributed by atoms with E-state index in [2.05, 4.69) is 19.9 Å². The van der Waals surface area contributed by atoms with Gasteiger partial charge in [-0.25, -0.2) is 9.97 Å². The predicted octanol–water partition coefficient (Wildman–Crippen LogP) is 2.34. The van der Waals surface area contributed by atoms with Crippen LogP contribution in [0, 0.1) is 6.92 Å². The quantitative estimate of drug-likeness (QED) is 0.553. The number of fused-ring (bicyclic) bond motifs is 1. The molecule has 0 fully saturated rings. The number of nitrogen functional groups attached to an aromatic ring is 1. The standard InChI is InChI=1S/C18H18N6O3/c1-11-8-21-15(27-11)10-26-17-16-12(22-18(19)23-17)5-7-24(16)9-13-14(25-2)4-3-6-20-13/h3-8H,9-10H2,1-2H3,(H2,19,22,23). The highest BCUT2D eigenvalue weighted by atomic mass is 16.5. The molecule has 4 heterocycles. The zero-order valence-corrected chi connectivity index (χ0v) is 14.9. The maximum absolute atomic E-state index is 5.83. The Labute approximate surface area is 154 Å². The van der Waals surface area contributed by atoms with E-state index in [1.165, 1.54) is 0 Å². The minimum Gasteiger partial charge on any atom is -0.495 e. The van der Waals surface area contributed by atoms with E-state index in [1.807, 2.05) is 35.9 Å². The second-order valence-electron chi connectivity index (χ2n) is 5.87. The molecule has 27 heavy (non-hydrogen) atoms. The molecule has 0 unspecified atom stereocenters. The van der Waals surface area contributed by atoms with Gasteiger partial charge in [-0.05, 0) is 25.1 Å². The fourth-order valence-corrected chi connectivity index (χ4v) is 2.81. The maximum Gasteiger partial charge on any atom is 0.244 e. The highest BCUT2D eigenvalue weighted by Crippen LogP contribution is 2.27. The fraction of sp³-hybridized carbons (Fsp3) is 0.222. The summed E-state index contributed by atoms with van der Waals surface area (Å²) in [6, 6.07) is 5.54. The number of methoxy groups -OCH3 is 1. The van der Waals surface area contributed by atoms with Crippen molar-refractivity contribution in [1.29, 1.82) is 0 Å². The van der Waals surface area contributed by atoms with Crippen molar-refractivity contribution in [2.24, 2.45) is 0 Å². The summed E-state index contributed by atoms with van der Waals surface area (Å²) in [5, 5.41) is 0. The molecule has 9 heteroatoms. The number of hydrogen-bond donors (Lipinski definition) is 1. The summed E-state index contributed by atoms with van der Waals surface area (Å²) in [6.45, 7) is 2.43. The first-order chi connectivity index (χ1) is 13.1. The van der Waals surface area contributed by atoms with Crippen LogP contribution in [0.5, 0.6) is 11.6 Å². The van der Waals surface area contributed by atoms with Crippen molar-refractivity contribution >= 4 is 17.0 Å². The molecule has 9 nitrogen and oxygen atoms in total. The Morgan fingerprint density at radius 1 is 1.22 bits per heavy atom. The monoisotopic (exact) mass is 366 g/mol. The highest BCUT2D eigenvalue weighted by Gasteiger charge is 2.15. The zero-order chi connectivity index (χ0) is 18.8. The van der Waals surface area contributed by atoms with Crippen molar-refractivity contribution in [3.63, 3.8) is 0 Å². The van der Waals surface area contributed by atoms with E-state index >= 15 is 0 Å². The Hall–Kier alpha value is -3.62. The lowest BCUT2D eigenvalue weighted by Crippen LogP contribution is -2.07. The SMILES string of the molecule is COc1cccnc1Cn1ccc2nc(N)nc(OCc3ncc(C)o3)c21. The summed E-state index contributed by atoms with van der Waals surface area (Å²) in [5.41, 5.74) is 7.99. The van der Waals surface area contributed by atoms with Crippen LogP contribution in [-0.4, -0.2) is 31.6 Å². The minimum atomic E-state index is 0.134. The topological polar surface area (TPSA) is 114 Å². The number of aryl methyl sites for hydroxylation is 1. The molecule has 4 rings (SSSR count). The van der Waals surface area contributed by atoms with Crippen molar-refractivity contribution in [3.05, 3.63) is 54.1 Å². The first-order valence-corrected chi connectivity index (χ1v) is 8.28. The maximum atomic E-state index is 5.83. The van der Waals surface area contributed by atoms with Gasteiger partial charge in [0.1, 0.15) is 22.7 Å². The van der Waals surface area contributed by atoms with Gasteiger partial charge in [0.25, 0.3) is 0 Å². The first kappa shape index (κ1) is 16.8. The largest absolute Gasteiger partial charge is 0.495 e. The Kier molecular flexibility index (Phi) is 4.33. The van der Waals surface area contributed by atoms with Crippen molar-refractivity contribution in [3.8, 4) is 11.6 Å². The fourth-order valence-electron chi connectivity index (χ4n) is 2.81. The van der Waals surface area contributed by atoms with Crippen LogP contribution in [0.25, 0.3) is 11.0 Å². The number of anilines is 1. The predicted molar refractivity (Wildman–Crippen MR) is 97.4 cm³/mol. The second-order valence-corrected chi connectivity index (χ2v) is 5.87. The van der Waals surface area contributed by atoms with Crippen LogP contribution in [0.15, 0.2) is 41.2 Å². The third-order valence-corrected chi connectivity index (χ3v) is 3.99. The van der Waals surface area contributed by atoms with E-state index in [1.54, 1.807) is 19.5 Å². The lowest BCUT2D eigenvalue weighted by atomic mass is 10.3. The van der Waals surface area contributed by atoms with E-state index in [-0.39, 0.29) is 12.6 Å². The number of nitrogens with two attached hydrogens (primary N) is 1. The van der Waals surface area contributed by atoms with Gasteiger partial charge in [-0.15, -0.1) is 0 Å². The van der Waals surface area contributed by atoms with Gasteiger partial charge in [-0.1, -0.05) is 0 Å². The van der Waals surface area contributed by atoms with E-state index < -0.39 is 0 Å². The van der Waals surface area contributed by atoms with Gasteiger partial charge in [0.05, 0.1) is 25.4 Å². The molecule has 2 N–H and O–H groups in total. The van der Waals surface area contributed by atoms with Crippen molar-refractivity contribution in [2.75, 3.05) is 12.8 Å². The molecular formula is C18H18N6O3. The molecule has 0 aliphatic rings. The molecule has 0 saturated carbocycles. The Morgan fingerprint density at radius 2 is 2.11 bits per heavy atom. The lowest BCUT2D eigenvalue weighted by Gasteiger charge is -2.11. The molecular weight excluding hydrogens is 348 g/mol. The van der Waals surface area contributed by atoms with Crippen LogP contribution in [0.2, 0.25) is 0 Å². The summed E-state index contributed by atoms with van der Waals surface area (Å²) >= 11 is 0. The van der Waals surface area contributed by atoms with E-state index in [0.717, 1.165) is 5.69 Å². The van der Waals surface area contributed by atoms with Crippen LogP contribution in [-0.2, 0) is 13.2 Å². The molecule has 0 aromatic carbocycles. The Balaban J connectivity index is 1.69. The number of pyridine rings is 1. The van der Waals surface area contributed by atoms with Gasteiger partial charge in [0, 0.05) is 12.4 Å². The van der Waals surface area contributed by atoms with Crippen LogP contribution >= 0.6 is 0 Å². The summed E-state index contributed by atoms with van der Waals surface area (Å²) in [5.74, 6) is 2.37. The minimum absolute atomic E-state index is 0.134. The number of rotatable bonds is 6. The summed E-state index contributed by atoms with van der Waals surface area (Å²) in [7, 11) is 1.62. The van der Waals surface area contributed by atoms with E-state index in [4.69, 9.17) is 19.6 Å². The number of ether oxygens (including phenoxy) is 2. The van der Waals surface area contributed by atoms with Gasteiger partial charge in [0.15, 0.2) is 6.61 Å².